The van der Waals surface area contributed by atoms with Crippen molar-refractivity contribution in [3.63, 3.8) is 0 Å². The van der Waals surface area contributed by atoms with Gasteiger partial charge in [0.2, 0.25) is 10.0 Å². The first-order valence-corrected chi connectivity index (χ1v) is 7.63. The summed E-state index contributed by atoms with van der Waals surface area (Å²) in [5, 5.41) is 12.0. The second-order valence-electron chi connectivity index (χ2n) is 4.81. The Balaban J connectivity index is 0.00000200. The zero-order valence-electron chi connectivity index (χ0n) is 11.5. The molecule has 1 aliphatic heterocycles. The Kier molecular flexibility index (Phi) is 5.54. The van der Waals surface area contributed by atoms with Gasteiger partial charge in [-0.25, -0.2) is 8.42 Å². The number of halogens is 1. The van der Waals surface area contributed by atoms with E-state index in [1.54, 1.807) is 19.1 Å². The molecule has 1 fully saturated rings. The minimum absolute atomic E-state index is 0. The fourth-order valence-electron chi connectivity index (χ4n) is 2.26. The highest BCUT2D eigenvalue weighted by Crippen LogP contribution is 2.21. The molecule has 0 aliphatic carbocycles. The second-order valence-corrected chi connectivity index (χ2v) is 6.72. The third-order valence-corrected chi connectivity index (χ3v) is 5.28. The van der Waals surface area contributed by atoms with Gasteiger partial charge in [-0.15, -0.1) is 12.4 Å². The molecule has 0 saturated carbocycles. The summed E-state index contributed by atoms with van der Waals surface area (Å²) in [5.41, 5.74) is 1.09. The summed E-state index contributed by atoms with van der Waals surface area (Å²) < 4.78 is 26.6. The number of rotatable bonds is 2. The van der Waals surface area contributed by atoms with Gasteiger partial charge in [0.25, 0.3) is 0 Å². The van der Waals surface area contributed by atoms with Gasteiger partial charge in [0, 0.05) is 25.7 Å². The number of aryl methyl sites for hydroxylation is 1. The lowest BCUT2D eigenvalue weighted by atomic mass is 10.2. The minimum atomic E-state index is -3.47. The number of hydrogen-bond acceptors (Lipinski definition) is 4. The molecule has 1 aromatic carbocycles. The fourth-order valence-corrected chi connectivity index (χ4v) is 4.00. The number of piperazine rings is 1. The van der Waals surface area contributed by atoms with Gasteiger partial charge in [0.15, 0.2) is 0 Å². The predicted octanol–water partition coefficient (Wildman–Crippen LogP) is 1.27. The fraction of sp³-hybridized carbons (Fsp3) is 0.462. The molecule has 1 aromatic rings. The third-order valence-electron chi connectivity index (χ3n) is 3.25. The van der Waals surface area contributed by atoms with Gasteiger partial charge in [0.05, 0.1) is 16.5 Å². The highest BCUT2D eigenvalue weighted by Gasteiger charge is 2.29. The lowest BCUT2D eigenvalue weighted by molar-refractivity contribution is 0.310. The van der Waals surface area contributed by atoms with Crippen molar-refractivity contribution < 1.29 is 8.42 Å². The van der Waals surface area contributed by atoms with Crippen LogP contribution in [-0.4, -0.2) is 38.4 Å². The summed E-state index contributed by atoms with van der Waals surface area (Å²) in [7, 11) is -3.47. The molecule has 0 bridgehead atoms. The van der Waals surface area contributed by atoms with Crippen molar-refractivity contribution >= 4 is 22.4 Å². The number of nitrogens with zero attached hydrogens (tertiary/aromatic N) is 2. The quantitative estimate of drug-likeness (QED) is 0.892. The van der Waals surface area contributed by atoms with E-state index in [1.165, 1.54) is 10.4 Å². The molecule has 0 aromatic heterocycles. The normalized spacial score (nSPS) is 19.9. The van der Waals surface area contributed by atoms with E-state index in [0.717, 1.165) is 0 Å². The Morgan fingerprint density at radius 3 is 2.70 bits per heavy atom. The summed E-state index contributed by atoms with van der Waals surface area (Å²) >= 11 is 0. The maximum Gasteiger partial charge on any atom is 0.243 e. The molecule has 0 radical (unpaired) electrons. The molecular weight excluding hydrogens is 298 g/mol. The van der Waals surface area contributed by atoms with Gasteiger partial charge in [-0.05, 0) is 37.6 Å². The molecule has 7 heteroatoms. The maximum atomic E-state index is 12.6. The largest absolute Gasteiger partial charge is 0.312 e. The molecule has 1 unspecified atom stereocenters. The van der Waals surface area contributed by atoms with Crippen LogP contribution in [0.2, 0.25) is 0 Å². The lowest BCUT2D eigenvalue weighted by Crippen LogP contribution is -2.51. The molecule has 0 amide bonds. The van der Waals surface area contributed by atoms with E-state index in [4.69, 9.17) is 5.26 Å². The summed E-state index contributed by atoms with van der Waals surface area (Å²) in [5.74, 6) is 0. The Morgan fingerprint density at radius 1 is 1.45 bits per heavy atom. The standard InChI is InChI=1S/C13H17N3O2S.ClH/c1-10-7-12(8-14)3-4-13(10)19(17,18)16-6-5-15-11(2)9-16;/h3-4,7,11,15H,5-6,9H2,1-2H3;1H. The van der Waals surface area contributed by atoms with Crippen LogP contribution in [-0.2, 0) is 10.0 Å². The SMILES string of the molecule is Cc1cc(C#N)ccc1S(=O)(=O)N1CCNC(C)C1.Cl. The van der Waals surface area contributed by atoms with E-state index in [9.17, 15) is 8.42 Å². The molecule has 1 atom stereocenters. The van der Waals surface area contributed by atoms with Crippen LogP contribution in [0.1, 0.15) is 18.1 Å². The topological polar surface area (TPSA) is 73.2 Å². The molecule has 1 saturated heterocycles. The Labute approximate surface area is 126 Å². The number of nitriles is 1. The zero-order chi connectivity index (χ0) is 14.0. The van der Waals surface area contributed by atoms with Gasteiger partial charge >= 0.3 is 0 Å². The van der Waals surface area contributed by atoms with Crippen molar-refractivity contribution in [1.29, 1.82) is 5.26 Å². The smallest absolute Gasteiger partial charge is 0.243 e. The highest BCUT2D eigenvalue weighted by molar-refractivity contribution is 7.89. The van der Waals surface area contributed by atoms with E-state index >= 15 is 0 Å². The Morgan fingerprint density at radius 2 is 2.15 bits per heavy atom. The molecule has 1 N–H and O–H groups in total. The van der Waals surface area contributed by atoms with Crippen LogP contribution in [0, 0.1) is 18.3 Å². The first-order valence-electron chi connectivity index (χ1n) is 6.19. The monoisotopic (exact) mass is 315 g/mol. The average Bonchev–Trinajstić information content (AvgIpc) is 2.38. The molecule has 110 valence electrons. The van der Waals surface area contributed by atoms with Crippen LogP contribution in [0.3, 0.4) is 0 Å². The van der Waals surface area contributed by atoms with Gasteiger partial charge in [-0.1, -0.05) is 0 Å². The van der Waals surface area contributed by atoms with E-state index in [0.29, 0.717) is 35.7 Å². The number of hydrogen-bond donors (Lipinski definition) is 1. The highest BCUT2D eigenvalue weighted by atomic mass is 35.5. The van der Waals surface area contributed by atoms with Crippen molar-refractivity contribution in [2.45, 2.75) is 24.8 Å². The van der Waals surface area contributed by atoms with Crippen molar-refractivity contribution in [3.8, 4) is 6.07 Å². The zero-order valence-corrected chi connectivity index (χ0v) is 13.1. The number of sulfonamides is 1. The van der Waals surface area contributed by atoms with Crippen LogP contribution in [0.5, 0.6) is 0 Å². The van der Waals surface area contributed by atoms with Crippen LogP contribution < -0.4 is 5.32 Å². The predicted molar refractivity (Wildman–Crippen MR) is 79.4 cm³/mol. The summed E-state index contributed by atoms with van der Waals surface area (Å²) in [6.45, 7) is 5.30. The molecular formula is C13H18ClN3O2S. The number of nitrogens with one attached hydrogen (secondary N) is 1. The van der Waals surface area contributed by atoms with Crippen molar-refractivity contribution in [1.82, 2.24) is 9.62 Å². The van der Waals surface area contributed by atoms with Crippen molar-refractivity contribution in [3.05, 3.63) is 29.3 Å². The van der Waals surface area contributed by atoms with Crippen LogP contribution in [0.25, 0.3) is 0 Å². The van der Waals surface area contributed by atoms with Gasteiger partial charge in [0.1, 0.15) is 0 Å². The summed E-state index contributed by atoms with van der Waals surface area (Å²) in [6.07, 6.45) is 0. The lowest BCUT2D eigenvalue weighted by Gasteiger charge is -2.31. The van der Waals surface area contributed by atoms with Crippen molar-refractivity contribution in [2.24, 2.45) is 0 Å². The van der Waals surface area contributed by atoms with Gasteiger partial charge in [-0.2, -0.15) is 9.57 Å². The third kappa shape index (κ3) is 3.30. The van der Waals surface area contributed by atoms with Crippen LogP contribution in [0.15, 0.2) is 23.1 Å². The first kappa shape index (κ1) is 16.9. The van der Waals surface area contributed by atoms with Crippen LogP contribution in [0.4, 0.5) is 0 Å². The number of benzene rings is 1. The van der Waals surface area contributed by atoms with E-state index < -0.39 is 10.0 Å². The van der Waals surface area contributed by atoms with Crippen molar-refractivity contribution in [2.75, 3.05) is 19.6 Å². The maximum absolute atomic E-state index is 12.6. The Hall–Kier alpha value is -1.13. The first-order chi connectivity index (χ1) is 8.95. The van der Waals surface area contributed by atoms with Gasteiger partial charge in [-0.3, -0.25) is 0 Å². The van der Waals surface area contributed by atoms with E-state index in [2.05, 4.69) is 5.32 Å². The molecule has 1 aliphatic rings. The molecule has 2 rings (SSSR count). The molecule has 0 spiro atoms. The minimum Gasteiger partial charge on any atom is -0.312 e. The Bertz CT molecular complexity index is 625. The molecule has 5 nitrogen and oxygen atoms in total. The summed E-state index contributed by atoms with van der Waals surface area (Å²) in [6, 6.07) is 6.85. The van der Waals surface area contributed by atoms with E-state index in [-0.39, 0.29) is 18.4 Å². The molecule has 1 heterocycles. The van der Waals surface area contributed by atoms with Gasteiger partial charge < -0.3 is 5.32 Å². The molecule has 20 heavy (non-hydrogen) atoms. The second kappa shape index (κ2) is 6.55. The summed E-state index contributed by atoms with van der Waals surface area (Å²) in [4.78, 5) is 0.292. The van der Waals surface area contributed by atoms with Crippen LogP contribution >= 0.6 is 12.4 Å². The van der Waals surface area contributed by atoms with E-state index in [1.807, 2.05) is 13.0 Å². The average molecular weight is 316 g/mol.